The van der Waals surface area contributed by atoms with Gasteiger partial charge in [0, 0.05) is 0 Å². The molecule has 1 unspecified atom stereocenters. The second-order valence-electron chi connectivity index (χ2n) is 1.91. The quantitative estimate of drug-likeness (QED) is 0.371. The van der Waals surface area contributed by atoms with E-state index < -0.39 is 11.9 Å². The summed E-state index contributed by atoms with van der Waals surface area (Å²) in [5.74, 6) is -2.10. The van der Waals surface area contributed by atoms with E-state index in [0.717, 1.165) is 0 Å². The fourth-order valence-corrected chi connectivity index (χ4v) is 0.636. The Kier molecular flexibility index (Phi) is 7.53. The van der Waals surface area contributed by atoms with Gasteiger partial charge in [0.15, 0.2) is 0 Å². The minimum atomic E-state index is -1.02. The van der Waals surface area contributed by atoms with E-state index in [-0.39, 0.29) is 36.8 Å². The second-order valence-corrected chi connectivity index (χ2v) is 1.91. The van der Waals surface area contributed by atoms with Crippen LogP contribution in [0.3, 0.4) is 0 Å². The van der Waals surface area contributed by atoms with Gasteiger partial charge < -0.3 is 6.53 Å². The number of Topliss-reactive ketones (excluding diaryl/α,β-unsaturated/α-hetero) is 1. The van der Waals surface area contributed by atoms with E-state index >= 15 is 0 Å². The fourth-order valence-electron chi connectivity index (χ4n) is 0.636. The molecule has 3 nitrogen and oxygen atoms in total. The van der Waals surface area contributed by atoms with Crippen molar-refractivity contribution in [1.29, 1.82) is 0 Å². The predicted molar refractivity (Wildman–Crippen MR) is 33.2 cm³/mol. The Hall–Kier alpha value is 0.140. The van der Waals surface area contributed by atoms with Gasteiger partial charge in [-0.1, -0.05) is 6.92 Å². The van der Waals surface area contributed by atoms with Crippen molar-refractivity contribution < 1.29 is 45.7 Å². The molecule has 0 aromatic carbocycles. The molecule has 1 N–H and O–H groups in total. The molecule has 0 rings (SSSR count). The molecule has 0 aliphatic rings. The molecule has 1 atom stereocenters. The van der Waals surface area contributed by atoms with Gasteiger partial charge in [-0.2, -0.15) is 0 Å². The van der Waals surface area contributed by atoms with Gasteiger partial charge in [-0.25, -0.2) is 0 Å². The van der Waals surface area contributed by atoms with E-state index in [1.807, 2.05) is 0 Å². The number of hydrogen-bond donors (Lipinski definition) is 1. The molecule has 0 bridgehead atoms. The van der Waals surface area contributed by atoms with Gasteiger partial charge in [-0.05, 0) is 13.3 Å². The summed E-state index contributed by atoms with van der Waals surface area (Å²) in [5, 5.41) is 8.32. The van der Waals surface area contributed by atoms with Crippen LogP contribution in [0.2, 0.25) is 0 Å². The number of ketones is 1. The zero-order valence-corrected chi connectivity index (χ0v) is 8.55. The standard InChI is InChI=1S/C6H10O3.Na.H/c1-3-5(4(2)7)6(8)9;;/h5H,3H2,1-2H3,(H,8,9);;/q;+1;-1. The Morgan fingerprint density at radius 2 is 2.00 bits per heavy atom. The Morgan fingerprint density at radius 3 is 2.00 bits per heavy atom. The molecule has 0 fully saturated rings. The predicted octanol–water partition coefficient (Wildman–Crippen LogP) is -2.20. The molecular weight excluding hydrogens is 143 g/mol. The second kappa shape index (κ2) is 5.89. The largest absolute Gasteiger partial charge is 1.00 e. The van der Waals surface area contributed by atoms with E-state index in [4.69, 9.17) is 5.11 Å². The molecular formula is C6H11NaO3. The van der Waals surface area contributed by atoms with E-state index in [9.17, 15) is 9.59 Å². The Morgan fingerprint density at radius 1 is 1.60 bits per heavy atom. The van der Waals surface area contributed by atoms with Gasteiger partial charge in [-0.15, -0.1) is 0 Å². The first-order chi connectivity index (χ1) is 4.09. The third-order valence-corrected chi connectivity index (χ3v) is 1.20. The van der Waals surface area contributed by atoms with Crippen molar-refractivity contribution in [2.75, 3.05) is 0 Å². The number of carboxylic acid groups (broad SMARTS) is 1. The van der Waals surface area contributed by atoms with Crippen molar-refractivity contribution in [3.8, 4) is 0 Å². The zero-order chi connectivity index (χ0) is 7.44. The van der Waals surface area contributed by atoms with Crippen LogP contribution in [0, 0.1) is 5.92 Å². The maximum atomic E-state index is 10.4. The molecule has 0 radical (unpaired) electrons. The van der Waals surface area contributed by atoms with Crippen LogP contribution in [0.1, 0.15) is 21.7 Å². The zero-order valence-electron chi connectivity index (χ0n) is 7.55. The number of carbonyl (C=O) groups is 2. The van der Waals surface area contributed by atoms with Crippen molar-refractivity contribution in [2.45, 2.75) is 20.3 Å². The summed E-state index contributed by atoms with van der Waals surface area (Å²) in [5.41, 5.74) is 0. The smallest absolute Gasteiger partial charge is 1.00 e. The van der Waals surface area contributed by atoms with E-state index in [1.54, 1.807) is 6.92 Å². The first-order valence-corrected chi connectivity index (χ1v) is 2.82. The first-order valence-electron chi connectivity index (χ1n) is 2.82. The molecule has 0 saturated heterocycles. The molecule has 0 aliphatic carbocycles. The van der Waals surface area contributed by atoms with Crippen LogP contribution in [0.5, 0.6) is 0 Å². The summed E-state index contributed by atoms with van der Waals surface area (Å²) in [6.07, 6.45) is 0.380. The van der Waals surface area contributed by atoms with Crippen molar-refractivity contribution in [2.24, 2.45) is 5.92 Å². The number of carbonyl (C=O) groups excluding carboxylic acids is 1. The molecule has 0 aliphatic heterocycles. The Balaban J connectivity index is -0.000000320. The molecule has 54 valence electrons. The minimum absolute atomic E-state index is 0. The summed E-state index contributed by atoms with van der Waals surface area (Å²) in [7, 11) is 0. The molecule has 0 amide bonds. The van der Waals surface area contributed by atoms with E-state index in [1.165, 1.54) is 6.92 Å². The molecule has 0 saturated carbocycles. The van der Waals surface area contributed by atoms with E-state index in [2.05, 4.69) is 0 Å². The maximum Gasteiger partial charge on any atom is 1.00 e. The molecule has 0 aromatic rings. The van der Waals surface area contributed by atoms with Crippen LogP contribution in [-0.2, 0) is 9.59 Å². The monoisotopic (exact) mass is 154 g/mol. The van der Waals surface area contributed by atoms with Gasteiger partial charge in [0.05, 0.1) is 0 Å². The molecule has 0 aromatic heterocycles. The minimum Gasteiger partial charge on any atom is -1.00 e. The fraction of sp³-hybridized carbons (Fsp3) is 0.667. The van der Waals surface area contributed by atoms with Gasteiger partial charge in [0.2, 0.25) is 0 Å². The van der Waals surface area contributed by atoms with Crippen LogP contribution in [0.25, 0.3) is 0 Å². The van der Waals surface area contributed by atoms with Gasteiger partial charge in [-0.3, -0.25) is 9.59 Å². The average molecular weight is 154 g/mol. The third-order valence-electron chi connectivity index (χ3n) is 1.20. The summed E-state index contributed by atoms with van der Waals surface area (Å²) < 4.78 is 0. The summed E-state index contributed by atoms with van der Waals surface area (Å²) in [4.78, 5) is 20.6. The maximum absolute atomic E-state index is 10.4. The van der Waals surface area contributed by atoms with Gasteiger partial charge in [0.25, 0.3) is 0 Å². The molecule has 4 heteroatoms. The summed E-state index contributed by atoms with van der Waals surface area (Å²) >= 11 is 0. The van der Waals surface area contributed by atoms with Crippen LogP contribution in [-0.4, -0.2) is 16.9 Å². The molecule has 10 heavy (non-hydrogen) atoms. The first kappa shape index (κ1) is 12.8. The van der Waals surface area contributed by atoms with E-state index in [0.29, 0.717) is 6.42 Å². The summed E-state index contributed by atoms with van der Waals surface area (Å²) in [6.45, 7) is 2.97. The molecule has 0 heterocycles. The number of rotatable bonds is 3. The van der Waals surface area contributed by atoms with Crippen LogP contribution in [0.15, 0.2) is 0 Å². The third kappa shape index (κ3) is 4.04. The van der Waals surface area contributed by atoms with Gasteiger partial charge in [0.1, 0.15) is 11.7 Å². The molecule has 0 spiro atoms. The number of aliphatic carboxylic acids is 1. The van der Waals surface area contributed by atoms with Crippen molar-refractivity contribution >= 4 is 11.8 Å². The normalized spacial score (nSPS) is 11.4. The Bertz CT molecular complexity index is 124. The number of hydrogen-bond acceptors (Lipinski definition) is 2. The Labute approximate surface area is 83.6 Å². The van der Waals surface area contributed by atoms with Crippen LogP contribution >= 0.6 is 0 Å². The average Bonchev–Trinajstić information content (AvgIpc) is 1.64. The van der Waals surface area contributed by atoms with Gasteiger partial charge >= 0.3 is 35.5 Å². The van der Waals surface area contributed by atoms with Crippen LogP contribution in [0.4, 0.5) is 0 Å². The van der Waals surface area contributed by atoms with Crippen molar-refractivity contribution in [1.82, 2.24) is 0 Å². The summed E-state index contributed by atoms with van der Waals surface area (Å²) in [6, 6.07) is 0. The number of carboxylic acids is 1. The SMILES string of the molecule is CCC(C(C)=O)C(=O)O.[H-].[Na+]. The van der Waals surface area contributed by atoms with Crippen molar-refractivity contribution in [3.63, 3.8) is 0 Å². The van der Waals surface area contributed by atoms with Crippen molar-refractivity contribution in [3.05, 3.63) is 0 Å². The van der Waals surface area contributed by atoms with Crippen LogP contribution < -0.4 is 29.6 Å². The topological polar surface area (TPSA) is 54.4 Å².